The molecule has 0 aliphatic carbocycles. The number of hydrogen-bond acceptors (Lipinski definition) is 9. The predicted octanol–water partition coefficient (Wildman–Crippen LogP) is -1.86. The largest absolute Gasteiger partial charge is 0.469 e. The third-order valence-corrected chi connectivity index (χ3v) is 3.86. The highest BCUT2D eigenvalue weighted by molar-refractivity contribution is 7.46. The molecule has 126 valence electrons. The Morgan fingerprint density at radius 1 is 1.35 bits per heavy atom. The van der Waals surface area contributed by atoms with Crippen LogP contribution in [-0.4, -0.2) is 64.4 Å². The number of nitrogen functional groups attached to an aromatic ring is 1. The van der Waals surface area contributed by atoms with Gasteiger partial charge in [-0.1, -0.05) is 0 Å². The van der Waals surface area contributed by atoms with Crippen molar-refractivity contribution in [3.63, 3.8) is 0 Å². The zero-order chi connectivity index (χ0) is 16.8. The Labute approximate surface area is 128 Å². The van der Waals surface area contributed by atoms with Gasteiger partial charge in [0.25, 0.3) is 0 Å². The van der Waals surface area contributed by atoms with Crippen molar-refractivity contribution in [2.45, 2.75) is 24.5 Å². The van der Waals surface area contributed by atoms with E-state index in [1.54, 1.807) is 0 Å². The number of anilines is 1. The van der Waals surface area contributed by atoms with Crippen molar-refractivity contribution in [1.29, 1.82) is 0 Å². The number of imidazole rings is 1. The molecule has 2 aromatic rings. The summed E-state index contributed by atoms with van der Waals surface area (Å²) in [6, 6.07) is 0. The number of phosphoric acid groups is 1. The van der Waals surface area contributed by atoms with E-state index in [0.29, 0.717) is 5.52 Å². The standard InChI is InChI=1S/C10H14N5O7P/c11-10-12-1-4-8(14-10)13-3-15(4)9-7(17)6(16)5(22-9)2-21-23(18,19)20/h1,3,5-7,9,16-17H,2H2,(H2,11,12,14)(H2,18,19,20)/t5-,6-,7+,9+/m0/s1. The van der Waals surface area contributed by atoms with Crippen LogP contribution in [0.5, 0.6) is 0 Å². The molecular formula is C10H14N5O7P. The minimum absolute atomic E-state index is 0.0311. The van der Waals surface area contributed by atoms with Gasteiger partial charge >= 0.3 is 7.82 Å². The van der Waals surface area contributed by atoms with Gasteiger partial charge in [0.15, 0.2) is 11.9 Å². The van der Waals surface area contributed by atoms with Crippen LogP contribution >= 0.6 is 7.82 Å². The van der Waals surface area contributed by atoms with Gasteiger partial charge in [-0.2, -0.15) is 4.98 Å². The van der Waals surface area contributed by atoms with Crippen molar-refractivity contribution in [2.24, 2.45) is 0 Å². The van der Waals surface area contributed by atoms with Crippen LogP contribution in [0.25, 0.3) is 11.2 Å². The average molecular weight is 347 g/mol. The van der Waals surface area contributed by atoms with E-state index in [9.17, 15) is 14.8 Å². The van der Waals surface area contributed by atoms with Gasteiger partial charge in [-0.3, -0.25) is 9.09 Å². The number of phosphoric ester groups is 1. The van der Waals surface area contributed by atoms with Crippen LogP contribution in [0.15, 0.2) is 12.5 Å². The number of hydrogen-bond donors (Lipinski definition) is 5. The van der Waals surface area contributed by atoms with Crippen LogP contribution < -0.4 is 5.73 Å². The number of nitrogens with two attached hydrogens (primary N) is 1. The van der Waals surface area contributed by atoms with E-state index in [-0.39, 0.29) is 11.6 Å². The second kappa shape index (κ2) is 5.76. The van der Waals surface area contributed by atoms with Gasteiger partial charge in [-0.15, -0.1) is 0 Å². The molecule has 0 radical (unpaired) electrons. The highest BCUT2D eigenvalue weighted by atomic mass is 31.2. The third-order valence-electron chi connectivity index (χ3n) is 3.37. The predicted molar refractivity (Wildman–Crippen MR) is 73.7 cm³/mol. The molecule has 3 heterocycles. The molecule has 1 saturated heterocycles. The minimum Gasteiger partial charge on any atom is -0.387 e. The van der Waals surface area contributed by atoms with Crippen molar-refractivity contribution < 1.29 is 33.8 Å². The van der Waals surface area contributed by atoms with E-state index >= 15 is 0 Å². The molecule has 23 heavy (non-hydrogen) atoms. The van der Waals surface area contributed by atoms with Crippen molar-refractivity contribution in [3.8, 4) is 0 Å². The Morgan fingerprint density at radius 3 is 2.78 bits per heavy atom. The summed E-state index contributed by atoms with van der Waals surface area (Å²) in [6.45, 7) is -0.588. The summed E-state index contributed by atoms with van der Waals surface area (Å²) >= 11 is 0. The van der Waals surface area contributed by atoms with Gasteiger partial charge in [0.05, 0.1) is 19.1 Å². The molecular weight excluding hydrogens is 333 g/mol. The molecule has 3 rings (SSSR count). The lowest BCUT2D eigenvalue weighted by molar-refractivity contribution is -0.0501. The Balaban J connectivity index is 1.83. The average Bonchev–Trinajstić information content (AvgIpc) is 2.99. The maximum atomic E-state index is 10.7. The van der Waals surface area contributed by atoms with Crippen LogP contribution in [-0.2, 0) is 13.8 Å². The van der Waals surface area contributed by atoms with E-state index in [2.05, 4.69) is 19.5 Å². The normalized spacial score (nSPS) is 28.5. The smallest absolute Gasteiger partial charge is 0.387 e. The Hall–Kier alpha value is -1.66. The van der Waals surface area contributed by atoms with Gasteiger partial charge in [0.2, 0.25) is 5.95 Å². The summed E-state index contributed by atoms with van der Waals surface area (Å²) in [5.41, 5.74) is 6.14. The number of nitrogens with zero attached hydrogens (tertiary/aromatic N) is 4. The van der Waals surface area contributed by atoms with Gasteiger partial charge < -0.3 is 30.5 Å². The molecule has 12 nitrogen and oxygen atoms in total. The summed E-state index contributed by atoms with van der Waals surface area (Å²) < 4.78 is 21.8. The van der Waals surface area contributed by atoms with Crippen LogP contribution in [0.1, 0.15) is 6.23 Å². The van der Waals surface area contributed by atoms with Crippen LogP contribution in [0.3, 0.4) is 0 Å². The summed E-state index contributed by atoms with van der Waals surface area (Å²) in [7, 11) is -4.71. The minimum atomic E-state index is -4.71. The zero-order valence-corrected chi connectivity index (χ0v) is 12.4. The third kappa shape index (κ3) is 3.19. The quantitative estimate of drug-likeness (QED) is 0.390. The van der Waals surface area contributed by atoms with E-state index < -0.39 is 39.0 Å². The fourth-order valence-corrected chi connectivity index (χ4v) is 2.65. The zero-order valence-electron chi connectivity index (χ0n) is 11.5. The number of aliphatic hydroxyl groups excluding tert-OH is 2. The summed E-state index contributed by atoms with van der Waals surface area (Å²) in [5, 5.41) is 20.1. The molecule has 1 aliphatic rings. The fourth-order valence-electron chi connectivity index (χ4n) is 2.31. The SMILES string of the molecule is Nc1ncc2c(ncn2[C@@H]2O[C@@H](COP(=O)(O)O)[C@H](O)[C@H]2O)n1. The van der Waals surface area contributed by atoms with Crippen LogP contribution in [0.2, 0.25) is 0 Å². The monoisotopic (exact) mass is 347 g/mol. The highest BCUT2D eigenvalue weighted by Gasteiger charge is 2.45. The Kier molecular flexibility index (Phi) is 4.06. The maximum Gasteiger partial charge on any atom is 0.469 e. The lowest BCUT2D eigenvalue weighted by Crippen LogP contribution is -2.33. The van der Waals surface area contributed by atoms with Gasteiger partial charge in [0, 0.05) is 0 Å². The van der Waals surface area contributed by atoms with Gasteiger partial charge in [-0.05, 0) is 0 Å². The number of fused-ring (bicyclic) bond motifs is 1. The summed E-state index contributed by atoms with van der Waals surface area (Å²) in [6.07, 6.45) is -2.24. The maximum absolute atomic E-state index is 10.7. The topological polar surface area (TPSA) is 186 Å². The van der Waals surface area contributed by atoms with Crippen LogP contribution in [0.4, 0.5) is 5.95 Å². The lowest BCUT2D eigenvalue weighted by atomic mass is 10.1. The number of ether oxygens (including phenoxy) is 1. The fraction of sp³-hybridized carbons (Fsp3) is 0.500. The van der Waals surface area contributed by atoms with Crippen molar-refractivity contribution in [1.82, 2.24) is 19.5 Å². The van der Waals surface area contributed by atoms with E-state index in [4.69, 9.17) is 20.3 Å². The summed E-state index contributed by atoms with van der Waals surface area (Å²) in [5.74, 6) is 0.0311. The number of aromatic nitrogens is 4. The molecule has 0 saturated carbocycles. The molecule has 0 amide bonds. The summed E-state index contributed by atoms with van der Waals surface area (Å²) in [4.78, 5) is 29.1. The molecule has 2 aromatic heterocycles. The first-order valence-corrected chi connectivity index (χ1v) is 7.96. The first-order chi connectivity index (χ1) is 10.8. The molecule has 6 N–H and O–H groups in total. The first-order valence-electron chi connectivity index (χ1n) is 6.43. The Bertz CT molecular complexity index is 763. The molecule has 0 spiro atoms. The van der Waals surface area contributed by atoms with Crippen molar-refractivity contribution >= 4 is 24.9 Å². The second-order valence-electron chi connectivity index (χ2n) is 4.92. The van der Waals surface area contributed by atoms with Gasteiger partial charge in [0.1, 0.15) is 23.8 Å². The lowest BCUT2D eigenvalue weighted by Gasteiger charge is -2.16. The van der Waals surface area contributed by atoms with Crippen LogP contribution in [0, 0.1) is 0 Å². The van der Waals surface area contributed by atoms with E-state index in [0.717, 1.165) is 0 Å². The molecule has 13 heteroatoms. The first kappa shape index (κ1) is 16.2. The number of aliphatic hydroxyl groups is 2. The van der Waals surface area contributed by atoms with Gasteiger partial charge in [-0.25, -0.2) is 14.5 Å². The number of rotatable bonds is 4. The van der Waals surface area contributed by atoms with Crippen molar-refractivity contribution in [3.05, 3.63) is 12.5 Å². The molecule has 4 atom stereocenters. The Morgan fingerprint density at radius 2 is 2.09 bits per heavy atom. The molecule has 0 aromatic carbocycles. The molecule has 1 fully saturated rings. The molecule has 0 bridgehead atoms. The van der Waals surface area contributed by atoms with E-state index in [1.807, 2.05) is 0 Å². The molecule has 1 aliphatic heterocycles. The van der Waals surface area contributed by atoms with Crippen molar-refractivity contribution in [2.75, 3.05) is 12.3 Å². The molecule has 0 unspecified atom stereocenters. The highest BCUT2D eigenvalue weighted by Crippen LogP contribution is 2.38. The second-order valence-corrected chi connectivity index (χ2v) is 6.16. The van der Waals surface area contributed by atoms with E-state index in [1.165, 1.54) is 17.1 Å².